The van der Waals surface area contributed by atoms with Crippen molar-refractivity contribution in [2.24, 2.45) is 0 Å². The molecule has 39 heavy (non-hydrogen) atoms. The lowest BCUT2D eigenvalue weighted by molar-refractivity contribution is 0.0280. The van der Waals surface area contributed by atoms with Gasteiger partial charge >= 0.3 is 5.97 Å². The van der Waals surface area contributed by atoms with Crippen LogP contribution in [0.4, 0.5) is 5.69 Å². The molecule has 5 rings (SSSR count). The molecule has 0 saturated heterocycles. The summed E-state index contributed by atoms with van der Waals surface area (Å²) in [5.41, 5.74) is 1.23. The van der Waals surface area contributed by atoms with Crippen molar-refractivity contribution in [3.8, 4) is 5.75 Å². The molecule has 1 heterocycles. The highest BCUT2D eigenvalue weighted by atomic mass is 35.5. The summed E-state index contributed by atoms with van der Waals surface area (Å²) in [5.74, 6) is -1.86. The second-order valence-corrected chi connectivity index (χ2v) is 9.41. The summed E-state index contributed by atoms with van der Waals surface area (Å²) in [6.45, 7) is 0. The molecule has 0 spiro atoms. The van der Waals surface area contributed by atoms with Crippen molar-refractivity contribution in [3.63, 3.8) is 0 Å². The molecule has 194 valence electrons. The Morgan fingerprint density at radius 1 is 0.744 bits per heavy atom. The number of esters is 1. The highest BCUT2D eigenvalue weighted by Crippen LogP contribution is 2.34. The van der Waals surface area contributed by atoms with Crippen molar-refractivity contribution in [2.45, 2.75) is 6.10 Å². The van der Waals surface area contributed by atoms with Crippen LogP contribution in [0.25, 0.3) is 0 Å². The lowest BCUT2D eigenvalue weighted by atomic mass is 9.99. The monoisotopic (exact) mass is 559 g/mol. The number of fused-ring (bicyclic) bond motifs is 1. The average Bonchev–Trinajstić information content (AvgIpc) is 3.20. The zero-order valence-corrected chi connectivity index (χ0v) is 21.9. The second kappa shape index (κ2) is 10.7. The van der Waals surface area contributed by atoms with Gasteiger partial charge in [-0.25, -0.2) is 9.69 Å². The summed E-state index contributed by atoms with van der Waals surface area (Å²) < 4.78 is 10.9. The number of ketones is 1. The van der Waals surface area contributed by atoms with E-state index in [-0.39, 0.29) is 32.4 Å². The van der Waals surface area contributed by atoms with E-state index in [0.29, 0.717) is 16.9 Å². The molecule has 0 aliphatic carbocycles. The number of rotatable bonds is 7. The first-order valence-corrected chi connectivity index (χ1v) is 12.5. The van der Waals surface area contributed by atoms with Gasteiger partial charge in [0.25, 0.3) is 11.8 Å². The van der Waals surface area contributed by atoms with Crippen LogP contribution in [0, 0.1) is 0 Å². The van der Waals surface area contributed by atoms with Gasteiger partial charge in [0, 0.05) is 11.1 Å². The number of hydrogen-bond acceptors (Lipinski definition) is 6. The van der Waals surface area contributed by atoms with Gasteiger partial charge in [0.05, 0.1) is 39.5 Å². The Bertz CT molecular complexity index is 1580. The van der Waals surface area contributed by atoms with E-state index in [9.17, 15) is 19.2 Å². The first-order chi connectivity index (χ1) is 18.8. The molecule has 0 fully saturated rings. The van der Waals surface area contributed by atoms with E-state index in [2.05, 4.69) is 0 Å². The smallest absolute Gasteiger partial charge is 0.339 e. The second-order valence-electron chi connectivity index (χ2n) is 8.60. The Kier molecular flexibility index (Phi) is 7.19. The van der Waals surface area contributed by atoms with E-state index in [1.54, 1.807) is 54.6 Å². The number of ether oxygens (including phenoxy) is 2. The van der Waals surface area contributed by atoms with Gasteiger partial charge in [-0.1, -0.05) is 59.6 Å². The number of hydrogen-bond donors (Lipinski definition) is 0. The number of anilines is 1. The minimum Gasteiger partial charge on any atom is -0.497 e. The molecule has 7 nitrogen and oxygen atoms in total. The van der Waals surface area contributed by atoms with Crippen LogP contribution < -0.4 is 9.64 Å². The summed E-state index contributed by atoms with van der Waals surface area (Å²) in [6.07, 6.45) is -1.24. The average molecular weight is 560 g/mol. The minimum absolute atomic E-state index is 0.0450. The van der Waals surface area contributed by atoms with Crippen LogP contribution in [-0.4, -0.2) is 30.7 Å². The van der Waals surface area contributed by atoms with Gasteiger partial charge in [-0.2, -0.15) is 0 Å². The molecule has 9 heteroatoms. The van der Waals surface area contributed by atoms with Crippen molar-refractivity contribution in [2.75, 3.05) is 12.0 Å². The Morgan fingerprint density at radius 3 is 1.95 bits per heavy atom. The molecule has 0 N–H and O–H groups in total. The number of benzene rings is 4. The minimum atomic E-state index is -1.24. The number of imide groups is 1. The van der Waals surface area contributed by atoms with Gasteiger partial charge < -0.3 is 9.47 Å². The van der Waals surface area contributed by atoms with E-state index in [1.807, 2.05) is 0 Å². The lowest BCUT2D eigenvalue weighted by Gasteiger charge is -2.19. The first-order valence-electron chi connectivity index (χ1n) is 11.7. The van der Waals surface area contributed by atoms with Crippen LogP contribution in [-0.2, 0) is 4.74 Å². The fraction of sp³-hybridized carbons (Fsp3) is 0.0667. The fourth-order valence-electron chi connectivity index (χ4n) is 4.22. The van der Waals surface area contributed by atoms with Crippen LogP contribution in [0.2, 0.25) is 10.0 Å². The summed E-state index contributed by atoms with van der Waals surface area (Å²) in [4.78, 5) is 53.7. The molecule has 4 aromatic rings. The van der Waals surface area contributed by atoms with Crippen LogP contribution in [0.3, 0.4) is 0 Å². The third-order valence-electron chi connectivity index (χ3n) is 6.21. The maximum absolute atomic E-state index is 13.4. The Morgan fingerprint density at radius 2 is 1.36 bits per heavy atom. The van der Waals surface area contributed by atoms with Gasteiger partial charge in [0.1, 0.15) is 5.75 Å². The third kappa shape index (κ3) is 5.02. The Balaban J connectivity index is 1.44. The molecular formula is C30H19Cl2NO6. The van der Waals surface area contributed by atoms with Crippen molar-refractivity contribution in [1.29, 1.82) is 0 Å². The van der Waals surface area contributed by atoms with E-state index in [4.69, 9.17) is 32.7 Å². The maximum Gasteiger partial charge on any atom is 0.339 e. The molecule has 1 aliphatic heterocycles. The number of Topliss-reactive ketones (excluding diaryl/α,β-unsaturated/α-hetero) is 1. The van der Waals surface area contributed by atoms with Gasteiger partial charge in [-0.05, 0) is 54.6 Å². The summed E-state index contributed by atoms with van der Waals surface area (Å²) in [7, 11) is 1.52. The highest BCUT2D eigenvalue weighted by molar-refractivity contribution is 6.44. The molecule has 1 atom stereocenters. The van der Waals surface area contributed by atoms with Crippen LogP contribution in [0.1, 0.15) is 53.1 Å². The molecule has 4 aromatic carbocycles. The van der Waals surface area contributed by atoms with E-state index < -0.39 is 29.7 Å². The van der Waals surface area contributed by atoms with E-state index >= 15 is 0 Å². The van der Waals surface area contributed by atoms with Gasteiger partial charge in [0.15, 0.2) is 6.10 Å². The molecular weight excluding hydrogens is 541 g/mol. The fourth-order valence-corrected chi connectivity index (χ4v) is 4.55. The number of carbonyl (C=O) groups excluding carboxylic acids is 4. The summed E-state index contributed by atoms with van der Waals surface area (Å²) >= 11 is 12.1. The standard InChI is InChI=1S/C30H19Cl2NO6/c1-38-21-12-10-17(11-13-21)26(34)27(18-6-3-2-4-7-18)39-30(37)19-8-5-9-20(14-19)33-28(35)22-15-24(31)25(32)16-23(22)29(33)36/h2-16,27H,1H3/t27-/m1/s1. The van der Waals surface area contributed by atoms with E-state index in [1.165, 1.54) is 43.5 Å². The third-order valence-corrected chi connectivity index (χ3v) is 6.93. The lowest BCUT2D eigenvalue weighted by Crippen LogP contribution is -2.29. The zero-order chi connectivity index (χ0) is 27.7. The number of nitrogens with zero attached hydrogens (tertiary/aromatic N) is 1. The van der Waals surface area contributed by atoms with Crippen molar-refractivity contribution in [3.05, 3.63) is 129 Å². The quantitative estimate of drug-likeness (QED) is 0.144. The maximum atomic E-state index is 13.4. The topological polar surface area (TPSA) is 90.0 Å². The number of carbonyl (C=O) groups is 4. The van der Waals surface area contributed by atoms with Crippen LogP contribution in [0.5, 0.6) is 5.75 Å². The molecule has 0 bridgehead atoms. The predicted octanol–water partition coefficient (Wildman–Crippen LogP) is 6.58. The predicted molar refractivity (Wildman–Crippen MR) is 146 cm³/mol. The van der Waals surface area contributed by atoms with Gasteiger partial charge in [-0.15, -0.1) is 0 Å². The molecule has 2 amide bonds. The van der Waals surface area contributed by atoms with Crippen molar-refractivity contribution in [1.82, 2.24) is 0 Å². The Hall–Kier alpha value is -4.46. The van der Waals surface area contributed by atoms with Gasteiger partial charge in [-0.3, -0.25) is 14.4 Å². The van der Waals surface area contributed by atoms with Crippen molar-refractivity contribution >= 4 is 52.5 Å². The molecule has 0 radical (unpaired) electrons. The molecule has 0 aromatic heterocycles. The zero-order valence-electron chi connectivity index (χ0n) is 20.4. The molecule has 0 unspecified atom stereocenters. The Labute approximate surface area is 233 Å². The van der Waals surface area contributed by atoms with Crippen LogP contribution >= 0.6 is 23.2 Å². The van der Waals surface area contributed by atoms with Crippen LogP contribution in [0.15, 0.2) is 91.0 Å². The normalized spacial score (nSPS) is 13.2. The SMILES string of the molecule is COc1ccc(C(=O)[C@H](OC(=O)c2cccc(N3C(=O)c4cc(Cl)c(Cl)cc4C3=O)c2)c2ccccc2)cc1. The number of amides is 2. The summed E-state index contributed by atoms with van der Waals surface area (Å²) in [6, 6.07) is 23.6. The van der Waals surface area contributed by atoms with E-state index in [0.717, 1.165) is 4.90 Å². The highest BCUT2D eigenvalue weighted by Gasteiger charge is 2.38. The first kappa shape index (κ1) is 26.2. The summed E-state index contributed by atoms with van der Waals surface area (Å²) in [5, 5.41) is 0.286. The van der Waals surface area contributed by atoms with Gasteiger partial charge in [0.2, 0.25) is 5.78 Å². The molecule has 0 saturated carbocycles. The number of methoxy groups -OCH3 is 1. The largest absolute Gasteiger partial charge is 0.497 e. The molecule has 1 aliphatic rings. The van der Waals surface area contributed by atoms with Crippen molar-refractivity contribution < 1.29 is 28.7 Å². The number of halogens is 2.